The first kappa shape index (κ1) is 25.4. The summed E-state index contributed by atoms with van der Waals surface area (Å²) in [6.07, 6.45) is 2.27. The predicted molar refractivity (Wildman–Crippen MR) is 141 cm³/mol. The van der Waals surface area contributed by atoms with E-state index in [-0.39, 0.29) is 27.6 Å². The molecule has 37 heavy (non-hydrogen) atoms. The molecule has 4 amide bonds. The first-order valence-electron chi connectivity index (χ1n) is 11.2. The number of carbonyl (C=O) groups excluding carboxylic acids is 3. The van der Waals surface area contributed by atoms with Crippen molar-refractivity contribution < 1.29 is 27.2 Å². The van der Waals surface area contributed by atoms with E-state index in [0.29, 0.717) is 16.0 Å². The zero-order valence-electron chi connectivity index (χ0n) is 19.1. The molecule has 192 valence electrons. The Morgan fingerprint density at radius 2 is 1.95 bits per heavy atom. The van der Waals surface area contributed by atoms with Crippen LogP contribution in [-0.4, -0.2) is 32.8 Å². The molecule has 0 radical (unpaired) electrons. The fourth-order valence-electron chi connectivity index (χ4n) is 3.91. The zero-order valence-corrected chi connectivity index (χ0v) is 22.3. The Balaban J connectivity index is 1.32. The lowest BCUT2D eigenvalue weighted by atomic mass is 9.97. The average molecular weight is 607 g/mol. The van der Waals surface area contributed by atoms with Gasteiger partial charge in [0, 0.05) is 28.0 Å². The molecule has 0 saturated heterocycles. The first-order valence-corrected chi connectivity index (χ1v) is 14.4. The summed E-state index contributed by atoms with van der Waals surface area (Å²) in [6.45, 7) is 0.814. The minimum Gasteiger partial charge on any atom is -0.384 e. The van der Waals surface area contributed by atoms with E-state index < -0.39 is 33.7 Å². The molecule has 1 saturated carbocycles. The van der Waals surface area contributed by atoms with Gasteiger partial charge in [0.25, 0.3) is 15.9 Å². The highest BCUT2D eigenvalue weighted by molar-refractivity contribution is 9.10. The Morgan fingerprint density at radius 3 is 2.62 bits per heavy atom. The molecule has 9 nitrogen and oxygen atoms in total. The Labute approximate surface area is 224 Å². The van der Waals surface area contributed by atoms with Crippen molar-refractivity contribution in [3.8, 4) is 0 Å². The van der Waals surface area contributed by atoms with Gasteiger partial charge in [-0.25, -0.2) is 27.2 Å². The van der Waals surface area contributed by atoms with Crippen LogP contribution in [0.4, 0.5) is 26.2 Å². The van der Waals surface area contributed by atoms with Crippen molar-refractivity contribution in [3.63, 3.8) is 0 Å². The minimum atomic E-state index is -4.07. The molecule has 0 unspecified atom stereocenters. The monoisotopic (exact) mass is 606 g/mol. The van der Waals surface area contributed by atoms with E-state index >= 15 is 4.39 Å². The Kier molecular flexibility index (Phi) is 6.77. The van der Waals surface area contributed by atoms with Crippen LogP contribution in [0.25, 0.3) is 0 Å². The standard InChI is InChI=1S/C24H20BrFN4O5S2/c25-17-11-16-14(8-19(17)27-12-13-3-4-13)9-21(31)30(23(16)32)20-6-5-15(10-18(20)26)28-24(33)29-37(34,35)22-2-1-7-36-22/h1-2,5-8,10-11,13,27H,3-4,9,12H2,(H2,28,29,33). The number of imide groups is 1. The van der Waals surface area contributed by atoms with Crippen LogP contribution in [0.5, 0.6) is 0 Å². The second kappa shape index (κ2) is 9.88. The van der Waals surface area contributed by atoms with Crippen molar-refractivity contribution in [3.05, 3.63) is 69.3 Å². The van der Waals surface area contributed by atoms with E-state index in [1.165, 1.54) is 37.1 Å². The fraction of sp³-hybridized carbons (Fsp3) is 0.208. The molecular weight excluding hydrogens is 587 g/mol. The summed E-state index contributed by atoms with van der Waals surface area (Å²) in [7, 11) is -4.07. The Hall–Kier alpha value is -3.29. The summed E-state index contributed by atoms with van der Waals surface area (Å²) in [5.74, 6) is -1.56. The lowest BCUT2D eigenvalue weighted by Crippen LogP contribution is -2.43. The summed E-state index contributed by atoms with van der Waals surface area (Å²) in [6, 6.07) is 8.52. The SMILES string of the molecule is O=C(Nc1ccc(N2C(=O)Cc3cc(NCC4CC4)c(Br)cc3C2=O)c(F)c1)NS(=O)(=O)c1cccs1. The molecule has 2 aliphatic rings. The Bertz CT molecular complexity index is 1520. The predicted octanol–water partition coefficient (Wildman–Crippen LogP) is 4.71. The molecule has 2 aromatic carbocycles. The lowest BCUT2D eigenvalue weighted by molar-refractivity contribution is -0.117. The molecule has 1 aromatic heterocycles. The highest BCUT2D eigenvalue weighted by atomic mass is 79.9. The molecule has 1 aliphatic heterocycles. The zero-order chi connectivity index (χ0) is 26.3. The lowest BCUT2D eigenvalue weighted by Gasteiger charge is -2.28. The van der Waals surface area contributed by atoms with Gasteiger partial charge in [-0.2, -0.15) is 0 Å². The normalized spacial score (nSPS) is 15.4. The largest absolute Gasteiger partial charge is 0.384 e. The number of nitrogens with zero attached hydrogens (tertiary/aromatic N) is 1. The number of anilines is 3. The molecule has 3 aromatic rings. The number of amides is 4. The van der Waals surface area contributed by atoms with Gasteiger partial charge in [-0.15, -0.1) is 11.3 Å². The quantitative estimate of drug-likeness (QED) is 0.334. The number of halogens is 2. The third-order valence-corrected chi connectivity index (χ3v) is 9.31. The number of sulfonamides is 1. The fourth-order valence-corrected chi connectivity index (χ4v) is 6.29. The van der Waals surface area contributed by atoms with E-state index in [1.807, 2.05) is 4.72 Å². The molecule has 5 rings (SSSR count). The third kappa shape index (κ3) is 5.38. The molecule has 13 heteroatoms. The maximum absolute atomic E-state index is 15.0. The van der Waals surface area contributed by atoms with Crippen molar-refractivity contribution in [1.82, 2.24) is 4.72 Å². The number of thiophene rings is 1. The molecule has 0 spiro atoms. The number of urea groups is 1. The van der Waals surface area contributed by atoms with Crippen LogP contribution < -0.4 is 20.3 Å². The molecular formula is C24H20BrFN4O5S2. The van der Waals surface area contributed by atoms with Crippen LogP contribution in [-0.2, 0) is 21.2 Å². The first-order chi connectivity index (χ1) is 17.6. The van der Waals surface area contributed by atoms with Crippen LogP contribution in [0.1, 0.15) is 28.8 Å². The van der Waals surface area contributed by atoms with E-state index in [2.05, 4.69) is 26.6 Å². The van der Waals surface area contributed by atoms with Crippen LogP contribution in [0.2, 0.25) is 0 Å². The van der Waals surface area contributed by atoms with Crippen molar-refractivity contribution in [1.29, 1.82) is 0 Å². The van der Waals surface area contributed by atoms with E-state index in [4.69, 9.17) is 0 Å². The van der Waals surface area contributed by atoms with Gasteiger partial charge in [-0.1, -0.05) is 6.07 Å². The third-order valence-electron chi connectivity index (χ3n) is 5.93. The summed E-state index contributed by atoms with van der Waals surface area (Å²) >= 11 is 4.40. The topological polar surface area (TPSA) is 125 Å². The van der Waals surface area contributed by atoms with Gasteiger partial charge in [0.1, 0.15) is 10.0 Å². The maximum Gasteiger partial charge on any atom is 0.333 e. The summed E-state index contributed by atoms with van der Waals surface area (Å²) < 4.78 is 41.9. The number of carbonyl (C=O) groups is 3. The summed E-state index contributed by atoms with van der Waals surface area (Å²) in [5.41, 5.74) is 1.29. The number of rotatable bonds is 7. The van der Waals surface area contributed by atoms with Crippen molar-refractivity contribution in [2.75, 3.05) is 22.1 Å². The molecule has 2 heterocycles. The van der Waals surface area contributed by atoms with Crippen molar-refractivity contribution >= 4 is 72.2 Å². The highest BCUT2D eigenvalue weighted by Gasteiger charge is 2.34. The van der Waals surface area contributed by atoms with Crippen LogP contribution >= 0.6 is 27.3 Å². The van der Waals surface area contributed by atoms with Crippen LogP contribution in [0.15, 0.2) is 56.5 Å². The average Bonchev–Trinajstić information content (AvgIpc) is 3.48. The Morgan fingerprint density at radius 1 is 1.16 bits per heavy atom. The van der Waals surface area contributed by atoms with Crippen molar-refractivity contribution in [2.24, 2.45) is 5.92 Å². The molecule has 3 N–H and O–H groups in total. The van der Waals surface area contributed by atoms with Gasteiger partial charge in [0.05, 0.1) is 12.1 Å². The van der Waals surface area contributed by atoms with Gasteiger partial charge in [0.2, 0.25) is 5.91 Å². The molecule has 0 atom stereocenters. The second-order valence-corrected chi connectivity index (χ2v) is 12.4. The number of benzene rings is 2. The highest BCUT2D eigenvalue weighted by Crippen LogP contribution is 2.35. The van der Waals surface area contributed by atoms with Crippen LogP contribution in [0, 0.1) is 11.7 Å². The van der Waals surface area contributed by atoms with E-state index in [1.54, 1.807) is 17.5 Å². The smallest absolute Gasteiger partial charge is 0.333 e. The number of hydrogen-bond acceptors (Lipinski definition) is 7. The second-order valence-electron chi connectivity index (χ2n) is 8.68. The molecule has 1 fully saturated rings. The number of fused-ring (bicyclic) bond motifs is 1. The molecule has 0 bridgehead atoms. The molecule has 1 aliphatic carbocycles. The number of nitrogens with one attached hydrogen (secondary N) is 3. The minimum absolute atomic E-state index is 0.0518. The van der Waals surface area contributed by atoms with Gasteiger partial charge in [0.15, 0.2) is 0 Å². The van der Waals surface area contributed by atoms with E-state index in [0.717, 1.165) is 34.5 Å². The summed E-state index contributed by atoms with van der Waals surface area (Å²) in [5, 5.41) is 7.12. The summed E-state index contributed by atoms with van der Waals surface area (Å²) in [4.78, 5) is 39.0. The van der Waals surface area contributed by atoms with Crippen molar-refractivity contribution in [2.45, 2.75) is 23.5 Å². The van der Waals surface area contributed by atoms with Gasteiger partial charge in [-0.3, -0.25) is 9.59 Å². The van der Waals surface area contributed by atoms with Gasteiger partial charge < -0.3 is 10.6 Å². The van der Waals surface area contributed by atoms with Crippen LogP contribution in [0.3, 0.4) is 0 Å². The van der Waals surface area contributed by atoms with Gasteiger partial charge in [-0.05, 0) is 82.0 Å². The maximum atomic E-state index is 15.0. The number of hydrogen-bond donors (Lipinski definition) is 3. The van der Waals surface area contributed by atoms with Gasteiger partial charge >= 0.3 is 6.03 Å². The van der Waals surface area contributed by atoms with E-state index in [9.17, 15) is 22.8 Å².